The van der Waals surface area contributed by atoms with E-state index >= 15 is 0 Å². The molecule has 7 aromatic rings. The van der Waals surface area contributed by atoms with Gasteiger partial charge in [-0.1, -0.05) is 132 Å². The van der Waals surface area contributed by atoms with E-state index in [2.05, 4.69) is 227 Å². The van der Waals surface area contributed by atoms with Crippen molar-refractivity contribution >= 4 is 57.2 Å². The van der Waals surface area contributed by atoms with Gasteiger partial charge in [0.05, 0.1) is 11.4 Å². The van der Waals surface area contributed by atoms with E-state index in [9.17, 15) is 0 Å². The van der Waals surface area contributed by atoms with Crippen molar-refractivity contribution in [1.29, 1.82) is 0 Å². The van der Waals surface area contributed by atoms with Crippen molar-refractivity contribution < 1.29 is 9.30 Å². The van der Waals surface area contributed by atoms with E-state index in [-0.39, 0.29) is 28.4 Å². The maximum Gasteiger partial charge on any atom is 0.252 e. The summed E-state index contributed by atoms with van der Waals surface area (Å²) in [6.45, 7) is 30.2. The zero-order chi connectivity index (χ0) is 45.9. The van der Waals surface area contributed by atoms with Crippen LogP contribution in [0.25, 0.3) is 22.4 Å². The topological polar surface area (TPSA) is 19.6 Å². The minimum Gasteiger partial charge on any atom is -0.453 e. The number of hydrogen-bond acceptors (Lipinski definition) is 3. The van der Waals surface area contributed by atoms with Crippen LogP contribution in [0, 0.1) is 6.92 Å². The molecular weight excluding hydrogens is 789 g/mol. The van der Waals surface area contributed by atoms with Crippen LogP contribution in [0.5, 0.6) is 11.5 Å². The fourth-order valence-corrected chi connectivity index (χ4v) is 11.0. The summed E-state index contributed by atoms with van der Waals surface area (Å²) in [5.41, 5.74) is 25.4. The second kappa shape index (κ2) is 13.7. The van der Waals surface area contributed by atoms with E-state index in [0.717, 1.165) is 29.3 Å². The maximum absolute atomic E-state index is 7.22. The number of benzene rings is 6. The van der Waals surface area contributed by atoms with Crippen LogP contribution in [0.15, 0.2) is 115 Å². The molecule has 0 unspecified atom stereocenters. The Morgan fingerprint density at radius 2 is 1.08 bits per heavy atom. The highest BCUT2D eigenvalue weighted by molar-refractivity contribution is 7.00. The van der Waals surface area contributed by atoms with Gasteiger partial charge in [0, 0.05) is 46.9 Å². The summed E-state index contributed by atoms with van der Waals surface area (Å²) in [7, 11) is 2.13. The van der Waals surface area contributed by atoms with Crippen LogP contribution in [-0.4, -0.2) is 6.71 Å². The Morgan fingerprint density at radius 1 is 0.508 bits per heavy atom. The van der Waals surface area contributed by atoms with Gasteiger partial charge in [0.1, 0.15) is 7.05 Å². The first-order valence-electron chi connectivity index (χ1n) is 23.7. The molecule has 0 bridgehead atoms. The van der Waals surface area contributed by atoms with Gasteiger partial charge >= 0.3 is 0 Å². The lowest BCUT2D eigenvalue weighted by atomic mass is 9.32. The normalized spacial score (nSPS) is 14.6. The van der Waals surface area contributed by atoms with Crippen LogP contribution in [-0.2, 0) is 35.1 Å². The number of aromatic nitrogens is 1. The molecule has 0 saturated heterocycles. The second-order valence-electron chi connectivity index (χ2n) is 23.5. The van der Waals surface area contributed by atoms with Gasteiger partial charge in [-0.3, -0.25) is 0 Å². The molecule has 5 heteroatoms. The molecule has 0 N–H and O–H groups in total. The number of rotatable bonds is 2. The quantitative estimate of drug-likeness (QED) is 0.128. The molecule has 0 saturated carbocycles. The molecule has 1 aromatic heterocycles. The average molecular weight is 853 g/mol. The van der Waals surface area contributed by atoms with Crippen molar-refractivity contribution in [2.45, 2.75) is 118 Å². The molecule has 0 radical (unpaired) electrons. The summed E-state index contributed by atoms with van der Waals surface area (Å²) in [4.78, 5) is 5.23. The minimum absolute atomic E-state index is 0.00904. The molecule has 0 aliphatic carbocycles. The number of fused-ring (bicyclic) bond motifs is 8. The molecule has 6 aromatic carbocycles. The number of nitrogens with zero attached hydrogens (tertiary/aromatic N) is 3. The van der Waals surface area contributed by atoms with Crippen LogP contribution < -0.4 is 35.5 Å². The molecule has 4 aliphatic rings. The van der Waals surface area contributed by atoms with Crippen LogP contribution in [0.4, 0.5) is 34.1 Å². The second-order valence-corrected chi connectivity index (χ2v) is 23.5. The van der Waals surface area contributed by atoms with Gasteiger partial charge < -0.3 is 14.5 Å². The Morgan fingerprint density at radius 3 is 1.71 bits per heavy atom. The largest absolute Gasteiger partial charge is 0.453 e. The number of hydrogen-bond donors (Lipinski definition) is 0. The van der Waals surface area contributed by atoms with E-state index < -0.39 is 0 Å². The lowest BCUT2D eigenvalue weighted by Crippen LogP contribution is -2.62. The highest BCUT2D eigenvalue weighted by atomic mass is 16.5. The fourth-order valence-electron chi connectivity index (χ4n) is 11.0. The number of ether oxygens (including phenoxy) is 1. The first-order chi connectivity index (χ1) is 30.6. The molecule has 65 heavy (non-hydrogen) atoms. The van der Waals surface area contributed by atoms with Crippen molar-refractivity contribution in [3.63, 3.8) is 0 Å². The third-order valence-corrected chi connectivity index (χ3v) is 14.8. The van der Waals surface area contributed by atoms with Gasteiger partial charge in [0.25, 0.3) is 6.71 Å². The summed E-state index contributed by atoms with van der Waals surface area (Å²) >= 11 is 0. The first-order valence-corrected chi connectivity index (χ1v) is 23.7. The molecule has 0 fully saturated rings. The zero-order valence-electron chi connectivity index (χ0n) is 41.0. The van der Waals surface area contributed by atoms with E-state index in [0.29, 0.717) is 0 Å². The van der Waals surface area contributed by atoms with Gasteiger partial charge in [-0.15, -0.1) is 0 Å². The summed E-state index contributed by atoms with van der Waals surface area (Å²) in [6, 6.07) is 42.7. The predicted molar refractivity (Wildman–Crippen MR) is 275 cm³/mol. The zero-order valence-corrected chi connectivity index (χ0v) is 41.0. The minimum atomic E-state index is -0.0991. The lowest BCUT2D eigenvalue weighted by Gasteiger charge is -2.48. The Labute approximate surface area is 388 Å². The molecular formula is C60H63BN3O+. The molecule has 326 valence electrons. The SMILES string of the molecule is Cc1cc(-c2cc3c4c(c2)N2c5ccc(C(C)(C)C)cc5Oc5cc(C(C)(C)C)cc(c52)B4c2cc(C(C)(C)C)cc4c2N3c2ccc(C(C)(C)C)cc2C4)ccc1-c1cccc[n+]1C. The highest BCUT2D eigenvalue weighted by Crippen LogP contribution is 2.56. The number of anilines is 6. The van der Waals surface area contributed by atoms with Crippen molar-refractivity contribution in [2.75, 3.05) is 9.80 Å². The Kier molecular flexibility index (Phi) is 8.80. The van der Waals surface area contributed by atoms with Crippen LogP contribution in [0.1, 0.15) is 122 Å². The maximum atomic E-state index is 7.22. The van der Waals surface area contributed by atoms with E-state index in [1.165, 1.54) is 100 Å². The molecule has 0 atom stereocenters. The van der Waals surface area contributed by atoms with Crippen LogP contribution >= 0.6 is 0 Å². The highest BCUT2D eigenvalue weighted by Gasteiger charge is 2.49. The monoisotopic (exact) mass is 853 g/mol. The Hall–Kier alpha value is -6.07. The molecule has 0 spiro atoms. The van der Waals surface area contributed by atoms with Gasteiger partial charge in [0.15, 0.2) is 17.7 Å². The standard InChI is InChI=1S/C60H63BN3O/c1-35-25-36(18-21-44(35)48-17-15-16-24-62(48)14)37-29-50-54-51(30-37)64-49-23-20-41(58(5,6)7)33-52(49)65-53-34-43(60(11,12)13)32-46(56(53)64)61(54)45-31-42(59(8,9)10)28-39-26-38-27-40(57(2,3)4)19-22-47(38)63(50)55(39)45/h15-25,27-34H,26H2,1-14H3/q+1. The summed E-state index contributed by atoms with van der Waals surface area (Å²) in [5, 5.41) is 0. The Balaban J connectivity index is 1.26. The first kappa shape index (κ1) is 41.6. The average Bonchev–Trinajstić information content (AvgIpc) is 3.23. The Bertz CT molecular complexity index is 3020. The van der Waals surface area contributed by atoms with Crippen molar-refractivity contribution in [2.24, 2.45) is 7.05 Å². The third-order valence-electron chi connectivity index (χ3n) is 14.8. The predicted octanol–water partition coefficient (Wildman–Crippen LogP) is 13.4. The van der Waals surface area contributed by atoms with E-state index in [1.54, 1.807) is 0 Å². The summed E-state index contributed by atoms with van der Waals surface area (Å²) < 4.78 is 9.44. The van der Waals surface area contributed by atoms with Crippen LogP contribution in [0.3, 0.4) is 0 Å². The third kappa shape index (κ3) is 6.43. The summed E-state index contributed by atoms with van der Waals surface area (Å²) in [6.07, 6.45) is 3.03. The molecule has 11 rings (SSSR count). The number of pyridine rings is 1. The van der Waals surface area contributed by atoms with Gasteiger partial charge in [-0.2, -0.15) is 0 Å². The van der Waals surface area contributed by atoms with Gasteiger partial charge in [0.2, 0.25) is 5.69 Å². The lowest BCUT2D eigenvalue weighted by molar-refractivity contribution is -0.660. The van der Waals surface area contributed by atoms with Gasteiger partial charge in [-0.05, 0) is 144 Å². The fraction of sp³-hybridized carbons (Fsp3) is 0.317. The van der Waals surface area contributed by atoms with E-state index in [4.69, 9.17) is 4.74 Å². The molecule has 0 amide bonds. The van der Waals surface area contributed by atoms with Crippen LogP contribution in [0.2, 0.25) is 0 Å². The molecule has 5 heterocycles. The van der Waals surface area contributed by atoms with Crippen molar-refractivity contribution in [3.8, 4) is 33.9 Å². The van der Waals surface area contributed by atoms with E-state index in [1.807, 2.05) is 0 Å². The van der Waals surface area contributed by atoms with Crippen molar-refractivity contribution in [3.05, 3.63) is 154 Å². The summed E-state index contributed by atoms with van der Waals surface area (Å²) in [5.74, 6) is 1.84. The smallest absolute Gasteiger partial charge is 0.252 e. The van der Waals surface area contributed by atoms with Crippen molar-refractivity contribution in [1.82, 2.24) is 0 Å². The molecule has 4 nitrogen and oxygen atoms in total. The molecule has 4 aliphatic heterocycles. The number of aryl methyl sites for hydroxylation is 2. The van der Waals surface area contributed by atoms with Gasteiger partial charge in [-0.25, -0.2) is 4.57 Å².